The van der Waals surface area contributed by atoms with Gasteiger partial charge in [0.2, 0.25) is 5.91 Å². The molecule has 2 heterocycles. The Hall–Kier alpha value is -2.96. The predicted octanol–water partition coefficient (Wildman–Crippen LogP) is 1.96. The molecule has 1 amide bonds. The van der Waals surface area contributed by atoms with Crippen molar-refractivity contribution in [1.29, 1.82) is 0 Å². The number of carbonyl (C=O) groups is 1. The second-order valence-corrected chi connectivity index (χ2v) is 5.53. The largest absolute Gasteiger partial charge is 0.350 e. The summed E-state index contributed by atoms with van der Waals surface area (Å²) in [6.45, 7) is 3.94. The Bertz CT molecular complexity index is 914. The van der Waals surface area contributed by atoms with Gasteiger partial charge in [0.05, 0.1) is 5.69 Å². The van der Waals surface area contributed by atoms with Gasteiger partial charge in [-0.15, -0.1) is 0 Å². The van der Waals surface area contributed by atoms with E-state index in [9.17, 15) is 9.59 Å². The van der Waals surface area contributed by atoms with Crippen molar-refractivity contribution in [1.82, 2.24) is 20.0 Å². The molecule has 3 rings (SSSR count). The molecule has 0 aliphatic rings. The van der Waals surface area contributed by atoms with Crippen LogP contribution in [0.5, 0.6) is 0 Å². The van der Waals surface area contributed by atoms with Crippen LogP contribution >= 0.6 is 0 Å². The molecule has 0 aliphatic carbocycles. The number of fused-ring (bicyclic) bond motifs is 1. The van der Waals surface area contributed by atoms with E-state index in [1.54, 1.807) is 6.92 Å². The summed E-state index contributed by atoms with van der Waals surface area (Å²) < 4.78 is 6.33. The number of carbonyl (C=O) groups excluding carboxylic acids is 1. The first-order chi connectivity index (χ1) is 11.6. The van der Waals surface area contributed by atoms with Crippen molar-refractivity contribution in [2.24, 2.45) is 0 Å². The van der Waals surface area contributed by atoms with Crippen LogP contribution in [0, 0.1) is 6.92 Å². The van der Waals surface area contributed by atoms with Crippen molar-refractivity contribution >= 4 is 17.0 Å². The molecule has 24 heavy (non-hydrogen) atoms. The Balaban J connectivity index is 1.85. The summed E-state index contributed by atoms with van der Waals surface area (Å²) in [6, 6.07) is 8.98. The van der Waals surface area contributed by atoms with Crippen molar-refractivity contribution in [2.45, 2.75) is 32.9 Å². The molecule has 0 radical (unpaired) electrons. The molecule has 0 aliphatic heterocycles. The maximum absolute atomic E-state index is 12.6. The summed E-state index contributed by atoms with van der Waals surface area (Å²) in [5, 5.41) is 6.93. The van der Waals surface area contributed by atoms with Crippen molar-refractivity contribution in [3.05, 3.63) is 58.3 Å². The lowest BCUT2D eigenvalue weighted by Gasteiger charge is -2.17. The highest BCUT2D eigenvalue weighted by Gasteiger charge is 2.22. The highest BCUT2D eigenvalue weighted by atomic mass is 16.5. The van der Waals surface area contributed by atoms with Gasteiger partial charge in [-0.25, -0.2) is 4.98 Å². The van der Waals surface area contributed by atoms with Crippen molar-refractivity contribution in [2.75, 3.05) is 0 Å². The van der Waals surface area contributed by atoms with Gasteiger partial charge in [0.1, 0.15) is 17.8 Å². The van der Waals surface area contributed by atoms with Crippen LogP contribution < -0.4 is 10.9 Å². The second kappa shape index (κ2) is 6.66. The Morgan fingerprint density at radius 1 is 1.33 bits per heavy atom. The Morgan fingerprint density at radius 2 is 2.08 bits per heavy atom. The first-order valence-electron chi connectivity index (χ1n) is 7.76. The quantitative estimate of drug-likeness (QED) is 0.774. The van der Waals surface area contributed by atoms with Gasteiger partial charge < -0.3 is 9.84 Å². The molecule has 1 aromatic carbocycles. The fourth-order valence-electron chi connectivity index (χ4n) is 2.62. The molecule has 3 aromatic rings. The minimum atomic E-state index is -0.632. The first kappa shape index (κ1) is 15.9. The molecule has 1 unspecified atom stereocenters. The Kier molecular flexibility index (Phi) is 4.41. The molecule has 7 nitrogen and oxygen atoms in total. The van der Waals surface area contributed by atoms with E-state index in [0.29, 0.717) is 24.0 Å². The highest BCUT2D eigenvalue weighted by Crippen LogP contribution is 2.14. The van der Waals surface area contributed by atoms with Gasteiger partial charge in [-0.1, -0.05) is 42.4 Å². The highest BCUT2D eigenvalue weighted by molar-refractivity contribution is 5.81. The van der Waals surface area contributed by atoms with Crippen LogP contribution in [-0.4, -0.2) is 20.6 Å². The fourth-order valence-corrected chi connectivity index (χ4v) is 2.62. The maximum atomic E-state index is 12.6. The molecule has 2 aromatic heterocycles. The molecule has 0 fully saturated rings. The molecule has 7 heteroatoms. The predicted molar refractivity (Wildman–Crippen MR) is 88.4 cm³/mol. The number of rotatable bonds is 5. The van der Waals surface area contributed by atoms with Crippen molar-refractivity contribution in [3.8, 4) is 0 Å². The van der Waals surface area contributed by atoms with Crippen LogP contribution in [-0.2, 0) is 11.3 Å². The molecule has 0 bridgehead atoms. The van der Waals surface area contributed by atoms with Crippen molar-refractivity contribution < 1.29 is 9.32 Å². The fraction of sp³-hybridized carbons (Fsp3) is 0.294. The summed E-state index contributed by atoms with van der Waals surface area (Å²) in [6.07, 6.45) is 1.81. The van der Waals surface area contributed by atoms with Gasteiger partial charge in [-0.2, -0.15) is 0 Å². The smallest absolute Gasteiger partial charge is 0.267 e. The minimum Gasteiger partial charge on any atom is -0.350 e. The molecule has 0 saturated heterocycles. The lowest BCUT2D eigenvalue weighted by Crippen LogP contribution is -2.36. The standard InChI is InChI=1S/C17H18N4O3/c1-3-13(15(22)18-9-12-7-5-4-6-8-12)21-10-19-16-14(17(21)23)11(2)20-24-16/h4-8,10,13H,3,9H2,1-2H3,(H,18,22). The molecule has 1 atom stereocenters. The van der Waals surface area contributed by atoms with E-state index in [0.717, 1.165) is 5.56 Å². The number of hydrogen-bond donors (Lipinski definition) is 1. The van der Waals surface area contributed by atoms with E-state index in [1.807, 2.05) is 37.3 Å². The van der Waals surface area contributed by atoms with Crippen LogP contribution in [0.1, 0.15) is 30.6 Å². The maximum Gasteiger partial charge on any atom is 0.267 e. The van der Waals surface area contributed by atoms with Crippen LogP contribution in [0.4, 0.5) is 0 Å². The summed E-state index contributed by atoms with van der Waals surface area (Å²) in [4.78, 5) is 29.2. The zero-order valence-corrected chi connectivity index (χ0v) is 13.5. The van der Waals surface area contributed by atoms with Gasteiger partial charge in [0.25, 0.3) is 11.3 Å². The summed E-state index contributed by atoms with van der Waals surface area (Å²) in [5.74, 6) is -0.223. The number of nitrogens with one attached hydrogen (secondary N) is 1. The van der Waals surface area contributed by atoms with Crippen LogP contribution in [0.2, 0.25) is 0 Å². The lowest BCUT2D eigenvalue weighted by atomic mass is 10.1. The molecule has 0 saturated carbocycles. The topological polar surface area (TPSA) is 90.0 Å². The van der Waals surface area contributed by atoms with Crippen LogP contribution in [0.3, 0.4) is 0 Å². The third-order valence-corrected chi connectivity index (χ3v) is 3.93. The Labute approximate surface area is 138 Å². The summed E-state index contributed by atoms with van der Waals surface area (Å²) in [7, 11) is 0. The first-order valence-corrected chi connectivity index (χ1v) is 7.76. The second-order valence-electron chi connectivity index (χ2n) is 5.53. The number of hydrogen-bond acceptors (Lipinski definition) is 5. The van der Waals surface area contributed by atoms with Crippen LogP contribution in [0.25, 0.3) is 11.1 Å². The van der Waals surface area contributed by atoms with E-state index in [4.69, 9.17) is 4.52 Å². The Morgan fingerprint density at radius 3 is 2.79 bits per heavy atom. The molecule has 0 spiro atoms. The number of amides is 1. The average Bonchev–Trinajstić information content (AvgIpc) is 2.98. The molecular formula is C17H18N4O3. The van der Waals surface area contributed by atoms with Gasteiger partial charge in [0.15, 0.2) is 0 Å². The SMILES string of the molecule is CCC(C(=O)NCc1ccccc1)n1cnc2onc(C)c2c1=O. The zero-order chi connectivity index (χ0) is 17.1. The van der Waals surface area contributed by atoms with Gasteiger partial charge in [-0.05, 0) is 18.9 Å². The van der Waals surface area contributed by atoms with Gasteiger partial charge in [-0.3, -0.25) is 14.2 Å². The molecular weight excluding hydrogens is 308 g/mol. The normalized spacial score (nSPS) is 12.2. The summed E-state index contributed by atoms with van der Waals surface area (Å²) in [5.41, 5.74) is 1.33. The minimum absolute atomic E-state index is 0.188. The van der Waals surface area contributed by atoms with Crippen LogP contribution in [0.15, 0.2) is 46.0 Å². The number of aromatic nitrogens is 3. The van der Waals surface area contributed by atoms with E-state index in [1.165, 1.54) is 10.9 Å². The molecule has 124 valence electrons. The van der Waals surface area contributed by atoms with E-state index in [2.05, 4.69) is 15.5 Å². The third kappa shape index (κ3) is 2.92. The zero-order valence-electron chi connectivity index (χ0n) is 13.5. The third-order valence-electron chi connectivity index (χ3n) is 3.93. The number of nitrogens with zero attached hydrogens (tertiary/aromatic N) is 3. The average molecular weight is 326 g/mol. The molecule has 1 N–H and O–H groups in total. The van der Waals surface area contributed by atoms with E-state index < -0.39 is 6.04 Å². The van der Waals surface area contributed by atoms with E-state index >= 15 is 0 Å². The van der Waals surface area contributed by atoms with E-state index in [-0.39, 0.29) is 17.2 Å². The number of aryl methyl sites for hydroxylation is 1. The van der Waals surface area contributed by atoms with Crippen molar-refractivity contribution in [3.63, 3.8) is 0 Å². The number of benzene rings is 1. The van der Waals surface area contributed by atoms with Gasteiger partial charge >= 0.3 is 0 Å². The summed E-state index contributed by atoms with van der Waals surface area (Å²) >= 11 is 0. The monoisotopic (exact) mass is 326 g/mol. The van der Waals surface area contributed by atoms with Gasteiger partial charge in [0, 0.05) is 6.54 Å². The lowest BCUT2D eigenvalue weighted by molar-refractivity contribution is -0.124.